The van der Waals surface area contributed by atoms with Gasteiger partial charge in [0.1, 0.15) is 12.6 Å². The lowest BCUT2D eigenvalue weighted by Gasteiger charge is -2.33. The minimum atomic E-state index is -3.73. The Hall–Kier alpha value is -2.58. The fraction of sp³-hybridized carbons (Fsp3) is 0.417. The van der Waals surface area contributed by atoms with E-state index in [1.54, 1.807) is 54.6 Å². The van der Waals surface area contributed by atoms with Gasteiger partial charge < -0.3 is 10.2 Å². The van der Waals surface area contributed by atoms with Gasteiger partial charge in [-0.3, -0.25) is 13.9 Å². The van der Waals surface area contributed by atoms with Gasteiger partial charge in [-0.2, -0.15) is 0 Å². The van der Waals surface area contributed by atoms with Gasteiger partial charge in [-0.05, 0) is 49.6 Å². The van der Waals surface area contributed by atoms with Gasteiger partial charge in [0.15, 0.2) is 0 Å². The quantitative estimate of drug-likeness (QED) is 0.515. The van der Waals surface area contributed by atoms with Crippen LogP contribution < -0.4 is 9.62 Å². The van der Waals surface area contributed by atoms with E-state index in [0.29, 0.717) is 17.1 Å². The first kappa shape index (κ1) is 26.7. The Morgan fingerprint density at radius 3 is 2.12 bits per heavy atom. The number of amides is 2. The molecule has 0 aliphatic carbocycles. The molecule has 9 heteroatoms. The highest BCUT2D eigenvalue weighted by atomic mass is 35.5. The van der Waals surface area contributed by atoms with E-state index >= 15 is 0 Å². The van der Waals surface area contributed by atoms with Crippen LogP contribution in [0.2, 0.25) is 5.02 Å². The standard InChI is InChI=1S/C24H32ClN3O4S/c1-5-18(3)26-24(30)22(6-2)27(16-19-12-14-20(25)15-13-19)23(29)17-28(33(4,31)32)21-10-8-7-9-11-21/h7-15,18,22H,5-6,16-17H2,1-4H3,(H,26,30). The summed E-state index contributed by atoms with van der Waals surface area (Å²) in [6, 6.07) is 14.6. The highest BCUT2D eigenvalue weighted by Gasteiger charge is 2.32. The molecule has 180 valence electrons. The van der Waals surface area contributed by atoms with Crippen LogP contribution in [0, 0.1) is 0 Å². The molecule has 2 atom stereocenters. The minimum Gasteiger partial charge on any atom is -0.352 e. The summed E-state index contributed by atoms with van der Waals surface area (Å²) in [7, 11) is -3.73. The molecule has 0 fully saturated rings. The third-order valence-electron chi connectivity index (χ3n) is 5.38. The van der Waals surface area contributed by atoms with Crippen LogP contribution in [0.4, 0.5) is 5.69 Å². The molecule has 7 nitrogen and oxygen atoms in total. The monoisotopic (exact) mass is 493 g/mol. The summed E-state index contributed by atoms with van der Waals surface area (Å²) >= 11 is 5.99. The molecule has 0 aromatic heterocycles. The average molecular weight is 494 g/mol. The molecule has 0 heterocycles. The Bertz CT molecular complexity index is 1030. The van der Waals surface area contributed by atoms with Crippen molar-refractivity contribution in [2.24, 2.45) is 0 Å². The Labute approximate surface area is 201 Å². The first-order valence-corrected chi connectivity index (χ1v) is 13.2. The fourth-order valence-electron chi connectivity index (χ4n) is 3.36. The molecule has 0 saturated heterocycles. The normalized spacial score (nSPS) is 13.1. The number of carbonyl (C=O) groups excluding carboxylic acids is 2. The zero-order chi connectivity index (χ0) is 24.6. The van der Waals surface area contributed by atoms with E-state index in [1.165, 1.54) is 4.90 Å². The molecule has 33 heavy (non-hydrogen) atoms. The summed E-state index contributed by atoms with van der Waals surface area (Å²) in [5.74, 6) is -0.731. The fourth-order valence-corrected chi connectivity index (χ4v) is 4.33. The third kappa shape index (κ3) is 7.75. The van der Waals surface area contributed by atoms with Gasteiger partial charge in [-0.15, -0.1) is 0 Å². The summed E-state index contributed by atoms with van der Waals surface area (Å²) in [4.78, 5) is 28.0. The van der Waals surface area contributed by atoms with E-state index in [4.69, 9.17) is 11.6 Å². The van der Waals surface area contributed by atoms with E-state index in [2.05, 4.69) is 5.32 Å². The second-order valence-electron chi connectivity index (χ2n) is 8.00. The predicted octanol–water partition coefficient (Wildman–Crippen LogP) is 3.83. The van der Waals surface area contributed by atoms with Gasteiger partial charge in [0, 0.05) is 17.6 Å². The van der Waals surface area contributed by atoms with Gasteiger partial charge >= 0.3 is 0 Å². The van der Waals surface area contributed by atoms with Crippen molar-refractivity contribution >= 4 is 39.1 Å². The van der Waals surface area contributed by atoms with Gasteiger partial charge in [-0.25, -0.2) is 8.42 Å². The molecule has 2 rings (SSSR count). The van der Waals surface area contributed by atoms with Crippen LogP contribution in [-0.2, 0) is 26.2 Å². The van der Waals surface area contributed by atoms with E-state index in [9.17, 15) is 18.0 Å². The zero-order valence-electron chi connectivity index (χ0n) is 19.5. The van der Waals surface area contributed by atoms with E-state index in [-0.39, 0.29) is 18.5 Å². The van der Waals surface area contributed by atoms with Crippen molar-refractivity contribution in [3.05, 3.63) is 65.2 Å². The zero-order valence-corrected chi connectivity index (χ0v) is 21.1. The molecule has 0 aliphatic heterocycles. The number of carbonyl (C=O) groups is 2. The van der Waals surface area contributed by atoms with Crippen molar-refractivity contribution < 1.29 is 18.0 Å². The van der Waals surface area contributed by atoms with Crippen LogP contribution >= 0.6 is 11.6 Å². The number of benzene rings is 2. The van der Waals surface area contributed by atoms with Gasteiger partial charge in [-0.1, -0.05) is 55.8 Å². The molecule has 2 amide bonds. The van der Waals surface area contributed by atoms with Crippen molar-refractivity contribution in [3.8, 4) is 0 Å². The molecule has 1 N–H and O–H groups in total. The molecule has 0 aliphatic rings. The van der Waals surface area contributed by atoms with Crippen molar-refractivity contribution in [3.63, 3.8) is 0 Å². The number of nitrogens with zero attached hydrogens (tertiary/aromatic N) is 2. The van der Waals surface area contributed by atoms with Crippen molar-refractivity contribution in [1.29, 1.82) is 0 Å². The van der Waals surface area contributed by atoms with Crippen molar-refractivity contribution in [2.45, 2.75) is 52.2 Å². The summed E-state index contributed by atoms with van der Waals surface area (Å²) < 4.78 is 26.1. The molecule has 2 aromatic carbocycles. The highest BCUT2D eigenvalue weighted by molar-refractivity contribution is 7.92. The summed E-state index contributed by atoms with van der Waals surface area (Å²) in [6.07, 6.45) is 2.19. The maximum absolute atomic E-state index is 13.5. The second-order valence-corrected chi connectivity index (χ2v) is 10.3. The minimum absolute atomic E-state index is 0.0455. The SMILES string of the molecule is CCC(C)NC(=O)C(CC)N(Cc1ccc(Cl)cc1)C(=O)CN(c1ccccc1)S(C)(=O)=O. The van der Waals surface area contributed by atoms with E-state index in [1.807, 2.05) is 20.8 Å². The first-order chi connectivity index (χ1) is 15.6. The smallest absolute Gasteiger partial charge is 0.244 e. The number of para-hydroxylation sites is 1. The Balaban J connectivity index is 2.40. The molecule has 0 spiro atoms. The molecular formula is C24H32ClN3O4S. The van der Waals surface area contributed by atoms with Crippen LogP contribution in [0.5, 0.6) is 0 Å². The molecule has 0 radical (unpaired) electrons. The maximum atomic E-state index is 13.5. The number of hydrogen-bond acceptors (Lipinski definition) is 4. The Morgan fingerprint density at radius 2 is 1.61 bits per heavy atom. The van der Waals surface area contributed by atoms with Gasteiger partial charge in [0.2, 0.25) is 21.8 Å². The number of nitrogens with one attached hydrogen (secondary N) is 1. The van der Waals surface area contributed by atoms with Gasteiger partial charge in [0.25, 0.3) is 0 Å². The lowest BCUT2D eigenvalue weighted by atomic mass is 10.1. The third-order valence-corrected chi connectivity index (χ3v) is 6.77. The van der Waals surface area contributed by atoms with Crippen LogP contribution in [0.3, 0.4) is 0 Å². The van der Waals surface area contributed by atoms with E-state index < -0.39 is 28.5 Å². The lowest BCUT2D eigenvalue weighted by Crippen LogP contribution is -2.53. The first-order valence-electron chi connectivity index (χ1n) is 10.9. The van der Waals surface area contributed by atoms with Crippen LogP contribution in [-0.4, -0.2) is 50.0 Å². The number of anilines is 1. The van der Waals surface area contributed by atoms with Gasteiger partial charge in [0.05, 0.1) is 11.9 Å². The second kappa shape index (κ2) is 12.0. The summed E-state index contributed by atoms with van der Waals surface area (Å²) in [6.45, 7) is 5.43. The van der Waals surface area contributed by atoms with E-state index in [0.717, 1.165) is 22.5 Å². The Morgan fingerprint density at radius 1 is 1.00 bits per heavy atom. The Kier molecular flexibility index (Phi) is 9.73. The number of rotatable bonds is 11. The number of sulfonamides is 1. The molecule has 0 bridgehead atoms. The lowest BCUT2D eigenvalue weighted by molar-refractivity contribution is -0.140. The molecule has 2 aromatic rings. The molecule has 2 unspecified atom stereocenters. The van der Waals surface area contributed by atoms with Crippen LogP contribution in [0.25, 0.3) is 0 Å². The number of halogens is 1. The molecule has 0 saturated carbocycles. The van der Waals surface area contributed by atoms with Crippen molar-refractivity contribution in [2.75, 3.05) is 17.1 Å². The van der Waals surface area contributed by atoms with Crippen LogP contribution in [0.15, 0.2) is 54.6 Å². The van der Waals surface area contributed by atoms with Crippen molar-refractivity contribution in [1.82, 2.24) is 10.2 Å². The average Bonchev–Trinajstić information content (AvgIpc) is 2.78. The number of hydrogen-bond donors (Lipinski definition) is 1. The summed E-state index contributed by atoms with van der Waals surface area (Å²) in [5, 5.41) is 3.50. The highest BCUT2D eigenvalue weighted by Crippen LogP contribution is 2.20. The van der Waals surface area contributed by atoms with Crippen LogP contribution in [0.1, 0.15) is 39.2 Å². The summed E-state index contributed by atoms with van der Waals surface area (Å²) in [5.41, 5.74) is 1.17. The predicted molar refractivity (Wildman–Crippen MR) is 133 cm³/mol. The maximum Gasteiger partial charge on any atom is 0.244 e. The molecular weight excluding hydrogens is 462 g/mol. The topological polar surface area (TPSA) is 86.8 Å². The largest absolute Gasteiger partial charge is 0.352 e.